The smallest absolute Gasteiger partial charge is 0.321 e. The molecule has 0 atom stereocenters. The van der Waals surface area contributed by atoms with Crippen LogP contribution >= 0.6 is 0 Å². The summed E-state index contributed by atoms with van der Waals surface area (Å²) in [6.45, 7) is 7.87. The van der Waals surface area contributed by atoms with Crippen LogP contribution in [0.25, 0.3) is 0 Å². The lowest BCUT2D eigenvalue weighted by Crippen LogP contribution is -2.50. The van der Waals surface area contributed by atoms with Crippen molar-refractivity contribution in [2.45, 2.75) is 32.7 Å². The van der Waals surface area contributed by atoms with Crippen LogP contribution in [0.15, 0.2) is 18.2 Å². The first kappa shape index (κ1) is 13.4. The first-order valence-electron chi connectivity index (χ1n) is 7.51. The van der Waals surface area contributed by atoms with Crippen molar-refractivity contribution in [2.75, 3.05) is 31.5 Å². The third-order valence-corrected chi connectivity index (χ3v) is 4.42. The third kappa shape index (κ3) is 2.96. The molecule has 1 aromatic rings. The van der Waals surface area contributed by atoms with Crippen molar-refractivity contribution < 1.29 is 4.79 Å². The number of rotatable bonds is 2. The Labute approximate surface area is 120 Å². The highest BCUT2D eigenvalue weighted by Gasteiger charge is 2.32. The molecule has 3 rings (SSSR count). The average molecular weight is 273 g/mol. The maximum Gasteiger partial charge on any atom is 0.321 e. The summed E-state index contributed by atoms with van der Waals surface area (Å²) in [7, 11) is 0. The summed E-state index contributed by atoms with van der Waals surface area (Å²) >= 11 is 0. The number of urea groups is 1. The predicted molar refractivity (Wildman–Crippen MR) is 81.1 cm³/mol. The summed E-state index contributed by atoms with van der Waals surface area (Å²) in [5.41, 5.74) is 3.35. The van der Waals surface area contributed by atoms with Gasteiger partial charge in [-0.1, -0.05) is 6.07 Å². The lowest BCUT2D eigenvalue weighted by Gasteiger charge is -2.34. The highest BCUT2D eigenvalue weighted by molar-refractivity contribution is 5.89. The number of carbonyl (C=O) groups excluding carboxylic acids is 1. The zero-order valence-electron chi connectivity index (χ0n) is 12.4. The Hall–Kier alpha value is -1.55. The number of benzene rings is 1. The molecule has 1 aromatic carbocycles. The Morgan fingerprint density at radius 3 is 2.40 bits per heavy atom. The van der Waals surface area contributed by atoms with Gasteiger partial charge in [0.2, 0.25) is 0 Å². The summed E-state index contributed by atoms with van der Waals surface area (Å²) < 4.78 is 0. The Morgan fingerprint density at radius 2 is 1.80 bits per heavy atom. The Balaban J connectivity index is 1.55. The molecule has 1 saturated heterocycles. The van der Waals surface area contributed by atoms with Gasteiger partial charge in [-0.3, -0.25) is 4.90 Å². The second kappa shape index (κ2) is 5.44. The van der Waals surface area contributed by atoms with Crippen molar-refractivity contribution in [2.24, 2.45) is 0 Å². The van der Waals surface area contributed by atoms with E-state index in [-0.39, 0.29) is 6.03 Å². The van der Waals surface area contributed by atoms with Crippen LogP contribution in [-0.2, 0) is 0 Å². The van der Waals surface area contributed by atoms with Crippen molar-refractivity contribution in [3.05, 3.63) is 29.3 Å². The topological polar surface area (TPSA) is 35.6 Å². The van der Waals surface area contributed by atoms with Gasteiger partial charge in [-0.05, 0) is 49.9 Å². The van der Waals surface area contributed by atoms with Gasteiger partial charge in [0, 0.05) is 37.9 Å². The van der Waals surface area contributed by atoms with Crippen LogP contribution in [0.5, 0.6) is 0 Å². The summed E-state index contributed by atoms with van der Waals surface area (Å²) in [5, 5.41) is 3.01. The molecule has 20 heavy (non-hydrogen) atoms. The van der Waals surface area contributed by atoms with E-state index in [2.05, 4.69) is 30.1 Å². The highest BCUT2D eigenvalue weighted by atomic mass is 16.2. The Bertz CT molecular complexity index is 502. The van der Waals surface area contributed by atoms with Gasteiger partial charge in [-0.15, -0.1) is 0 Å². The minimum absolute atomic E-state index is 0.0312. The van der Waals surface area contributed by atoms with Crippen molar-refractivity contribution in [3.8, 4) is 0 Å². The second-order valence-corrected chi connectivity index (χ2v) is 5.98. The molecule has 1 saturated carbocycles. The van der Waals surface area contributed by atoms with Gasteiger partial charge in [0.15, 0.2) is 0 Å². The zero-order chi connectivity index (χ0) is 14.1. The largest absolute Gasteiger partial charge is 0.322 e. The van der Waals surface area contributed by atoms with E-state index in [0.717, 1.165) is 37.9 Å². The lowest BCUT2D eigenvalue weighted by atomic mass is 10.1. The lowest BCUT2D eigenvalue weighted by molar-refractivity contribution is 0.142. The molecule has 4 nitrogen and oxygen atoms in total. The molecule has 2 amide bonds. The first-order valence-corrected chi connectivity index (χ1v) is 7.51. The number of nitrogens with one attached hydrogen (secondary N) is 1. The van der Waals surface area contributed by atoms with Gasteiger partial charge in [0.05, 0.1) is 0 Å². The van der Waals surface area contributed by atoms with Gasteiger partial charge < -0.3 is 10.2 Å². The molecule has 0 spiro atoms. The molecule has 0 bridgehead atoms. The maximum atomic E-state index is 12.3. The summed E-state index contributed by atoms with van der Waals surface area (Å²) in [6.07, 6.45) is 2.68. The number of amides is 2. The molecule has 4 heteroatoms. The van der Waals surface area contributed by atoms with Crippen LogP contribution in [0.2, 0.25) is 0 Å². The van der Waals surface area contributed by atoms with E-state index in [1.807, 2.05) is 17.0 Å². The van der Waals surface area contributed by atoms with E-state index in [0.29, 0.717) is 0 Å². The fraction of sp³-hybridized carbons (Fsp3) is 0.562. The van der Waals surface area contributed by atoms with Crippen molar-refractivity contribution in [1.82, 2.24) is 9.80 Å². The minimum Gasteiger partial charge on any atom is -0.322 e. The molecule has 1 aliphatic carbocycles. The van der Waals surface area contributed by atoms with Crippen molar-refractivity contribution in [1.29, 1.82) is 0 Å². The van der Waals surface area contributed by atoms with E-state index in [1.54, 1.807) is 0 Å². The van der Waals surface area contributed by atoms with Gasteiger partial charge in [-0.2, -0.15) is 0 Å². The van der Waals surface area contributed by atoms with E-state index in [9.17, 15) is 4.79 Å². The van der Waals surface area contributed by atoms with Crippen LogP contribution in [0.4, 0.5) is 10.5 Å². The molecular weight excluding hydrogens is 250 g/mol. The standard InChI is InChI=1S/C16H23N3O/c1-12-3-4-14(11-13(12)2)17-16(20)19-9-7-18(8-10-19)15-5-6-15/h3-4,11,15H,5-10H2,1-2H3,(H,17,20). The quantitative estimate of drug-likeness (QED) is 0.899. The highest BCUT2D eigenvalue weighted by Crippen LogP contribution is 2.27. The number of anilines is 1. The van der Waals surface area contributed by atoms with Gasteiger partial charge in [-0.25, -0.2) is 4.79 Å². The minimum atomic E-state index is 0.0312. The van der Waals surface area contributed by atoms with E-state index >= 15 is 0 Å². The molecular formula is C16H23N3O. The number of nitrogens with zero attached hydrogens (tertiary/aromatic N) is 2. The Kier molecular flexibility index (Phi) is 3.66. The second-order valence-electron chi connectivity index (χ2n) is 5.98. The van der Waals surface area contributed by atoms with Crippen LogP contribution in [0.3, 0.4) is 0 Å². The fourth-order valence-electron chi connectivity index (χ4n) is 2.75. The number of aryl methyl sites for hydroxylation is 2. The molecule has 0 aromatic heterocycles. The van der Waals surface area contributed by atoms with Gasteiger partial charge in [0.25, 0.3) is 0 Å². The number of carbonyl (C=O) groups is 1. The van der Waals surface area contributed by atoms with E-state index in [1.165, 1.54) is 24.0 Å². The summed E-state index contributed by atoms with van der Waals surface area (Å²) in [4.78, 5) is 16.7. The van der Waals surface area contributed by atoms with Crippen LogP contribution in [0.1, 0.15) is 24.0 Å². The number of hydrogen-bond donors (Lipinski definition) is 1. The van der Waals surface area contributed by atoms with E-state index < -0.39 is 0 Å². The third-order valence-electron chi connectivity index (χ3n) is 4.42. The van der Waals surface area contributed by atoms with Crippen LogP contribution in [-0.4, -0.2) is 48.1 Å². The molecule has 1 aliphatic heterocycles. The molecule has 2 aliphatic rings. The van der Waals surface area contributed by atoms with Gasteiger partial charge in [0.1, 0.15) is 0 Å². The molecule has 1 N–H and O–H groups in total. The molecule has 2 fully saturated rings. The van der Waals surface area contributed by atoms with Gasteiger partial charge >= 0.3 is 6.03 Å². The first-order chi connectivity index (χ1) is 9.63. The Morgan fingerprint density at radius 1 is 1.10 bits per heavy atom. The summed E-state index contributed by atoms with van der Waals surface area (Å²) in [5.74, 6) is 0. The molecule has 0 radical (unpaired) electrons. The molecule has 0 unspecified atom stereocenters. The molecule has 1 heterocycles. The monoisotopic (exact) mass is 273 g/mol. The normalized spacial score (nSPS) is 20.0. The van der Waals surface area contributed by atoms with Crippen LogP contribution in [0, 0.1) is 13.8 Å². The van der Waals surface area contributed by atoms with Crippen LogP contribution < -0.4 is 5.32 Å². The zero-order valence-corrected chi connectivity index (χ0v) is 12.4. The maximum absolute atomic E-state index is 12.3. The number of hydrogen-bond acceptors (Lipinski definition) is 2. The van der Waals surface area contributed by atoms with E-state index in [4.69, 9.17) is 0 Å². The summed E-state index contributed by atoms with van der Waals surface area (Å²) in [6, 6.07) is 6.90. The SMILES string of the molecule is Cc1ccc(NC(=O)N2CCN(C3CC3)CC2)cc1C. The molecule has 108 valence electrons. The van der Waals surface area contributed by atoms with Crippen molar-refractivity contribution in [3.63, 3.8) is 0 Å². The number of piperazine rings is 1. The predicted octanol–water partition coefficient (Wildman–Crippen LogP) is 2.62. The van der Waals surface area contributed by atoms with Crippen molar-refractivity contribution >= 4 is 11.7 Å². The average Bonchev–Trinajstić information content (AvgIpc) is 3.28. The fourth-order valence-corrected chi connectivity index (χ4v) is 2.75.